The molecule has 0 atom stereocenters. The third-order valence-corrected chi connectivity index (χ3v) is 5.36. The minimum absolute atomic E-state index is 0.000700. The van der Waals surface area contributed by atoms with Crippen molar-refractivity contribution in [3.05, 3.63) is 66.8 Å². The predicted octanol–water partition coefficient (Wildman–Crippen LogP) is 4.61. The Labute approximate surface area is 201 Å². The maximum absolute atomic E-state index is 12.9. The minimum Gasteiger partial charge on any atom is -0.381 e. The van der Waals surface area contributed by atoms with Gasteiger partial charge in [-0.25, -0.2) is 15.0 Å². The quantitative estimate of drug-likeness (QED) is 0.354. The largest absolute Gasteiger partial charge is 0.433 e. The number of carbonyl (C=O) groups is 1. The number of guanidine groups is 1. The van der Waals surface area contributed by atoms with E-state index in [4.69, 9.17) is 0 Å². The van der Waals surface area contributed by atoms with Crippen molar-refractivity contribution in [1.82, 2.24) is 14.9 Å². The van der Waals surface area contributed by atoms with E-state index in [0.29, 0.717) is 13.1 Å². The van der Waals surface area contributed by atoms with Crippen LogP contribution in [0.2, 0.25) is 0 Å². The molecule has 0 unspecified atom stereocenters. The van der Waals surface area contributed by atoms with Crippen molar-refractivity contribution in [3.8, 4) is 0 Å². The molecule has 0 spiro atoms. The number of nitrogens with one attached hydrogen (secondary N) is 2. The van der Waals surface area contributed by atoms with Crippen LogP contribution >= 0.6 is 0 Å². The van der Waals surface area contributed by atoms with E-state index in [1.54, 1.807) is 17.3 Å². The summed E-state index contributed by atoms with van der Waals surface area (Å²) in [6.07, 6.45) is 3.32. The monoisotopic (exact) mass is 485 g/mol. The Balaban J connectivity index is 1.66. The number of alkyl halides is 3. The van der Waals surface area contributed by atoms with Crippen LogP contribution < -0.4 is 10.6 Å². The van der Waals surface area contributed by atoms with Crippen molar-refractivity contribution in [2.24, 2.45) is 9.98 Å². The maximum atomic E-state index is 12.9. The summed E-state index contributed by atoms with van der Waals surface area (Å²) in [5.41, 5.74) is 1.37. The highest BCUT2D eigenvalue weighted by atomic mass is 19.4. The summed E-state index contributed by atoms with van der Waals surface area (Å²) in [4.78, 5) is 29.2. The van der Waals surface area contributed by atoms with Gasteiger partial charge in [-0.15, -0.1) is 0 Å². The Morgan fingerprint density at radius 2 is 2.00 bits per heavy atom. The normalized spacial score (nSPS) is 15.5. The van der Waals surface area contributed by atoms with E-state index >= 15 is 0 Å². The topological polar surface area (TPSA) is 94.9 Å². The van der Waals surface area contributed by atoms with Gasteiger partial charge in [-0.05, 0) is 61.9 Å². The highest BCUT2D eigenvalue weighted by Crippen LogP contribution is 2.28. The molecule has 35 heavy (non-hydrogen) atoms. The van der Waals surface area contributed by atoms with Gasteiger partial charge in [-0.3, -0.25) is 9.78 Å². The van der Waals surface area contributed by atoms with Crippen molar-refractivity contribution in [2.75, 3.05) is 23.7 Å². The van der Waals surface area contributed by atoms with Crippen molar-refractivity contribution in [1.29, 1.82) is 0 Å². The van der Waals surface area contributed by atoms with Gasteiger partial charge < -0.3 is 15.5 Å². The standard InChI is InChI=1S/C24H26F3N7O/c1-4-22(35)34-10-8-18(9-11-34)31-19-12-17(14-29-15-19)16(2)13-30-23(28-3)33-21-7-5-6-20(32-21)24(25,26)27/h4-7,12-15,18,31H,1,3,8-11H2,2H3,(H,30,32,33)/b16-13+. The minimum atomic E-state index is -4.56. The van der Waals surface area contributed by atoms with Gasteiger partial charge in [0, 0.05) is 37.7 Å². The lowest BCUT2D eigenvalue weighted by Crippen LogP contribution is -2.41. The molecule has 8 nitrogen and oxygen atoms in total. The van der Waals surface area contributed by atoms with Crippen LogP contribution in [0.4, 0.5) is 24.7 Å². The van der Waals surface area contributed by atoms with E-state index in [1.807, 2.05) is 13.0 Å². The molecule has 2 N–H and O–H groups in total. The fourth-order valence-electron chi connectivity index (χ4n) is 3.47. The number of likely N-dealkylation sites (tertiary alicyclic amines) is 1. The molecule has 11 heteroatoms. The van der Waals surface area contributed by atoms with E-state index in [-0.39, 0.29) is 23.7 Å². The lowest BCUT2D eigenvalue weighted by molar-refractivity contribution is -0.141. The van der Waals surface area contributed by atoms with Gasteiger partial charge >= 0.3 is 6.18 Å². The summed E-state index contributed by atoms with van der Waals surface area (Å²) >= 11 is 0. The molecular formula is C24H26F3N7O. The SMILES string of the molecule is C=CC(=O)N1CCC(Nc2cncc(/C(C)=C/N=C(\N=C)Nc3cccc(C(F)(F)F)n3)c2)CC1. The molecule has 3 rings (SSSR count). The van der Waals surface area contributed by atoms with Gasteiger partial charge in [0.2, 0.25) is 11.9 Å². The number of piperidine rings is 1. The number of carbonyl (C=O) groups excluding carboxylic acids is 1. The van der Waals surface area contributed by atoms with E-state index in [1.165, 1.54) is 24.4 Å². The van der Waals surface area contributed by atoms with Crippen molar-refractivity contribution >= 4 is 35.7 Å². The zero-order chi connectivity index (χ0) is 25.4. The first-order chi connectivity index (χ1) is 16.7. The lowest BCUT2D eigenvalue weighted by Gasteiger charge is -2.32. The van der Waals surface area contributed by atoms with Crippen molar-refractivity contribution < 1.29 is 18.0 Å². The number of allylic oxidation sites excluding steroid dienone is 1. The molecule has 184 valence electrons. The van der Waals surface area contributed by atoms with Crippen LogP contribution in [0.1, 0.15) is 31.0 Å². The Morgan fingerprint density at radius 1 is 1.26 bits per heavy atom. The second-order valence-electron chi connectivity index (χ2n) is 7.86. The number of anilines is 2. The number of hydrogen-bond acceptors (Lipinski definition) is 5. The number of amides is 1. The van der Waals surface area contributed by atoms with E-state index < -0.39 is 11.9 Å². The molecular weight excluding hydrogens is 459 g/mol. The Bertz CT molecular complexity index is 1140. The molecule has 1 saturated heterocycles. The smallest absolute Gasteiger partial charge is 0.381 e. The molecule has 0 bridgehead atoms. The fraction of sp³-hybridized carbons (Fsp3) is 0.292. The second kappa shape index (κ2) is 11.4. The van der Waals surface area contributed by atoms with Crippen LogP contribution in [0.25, 0.3) is 5.57 Å². The molecule has 0 aliphatic carbocycles. The summed E-state index contributed by atoms with van der Waals surface area (Å²) in [5.74, 6) is -0.106. The van der Waals surface area contributed by atoms with Gasteiger partial charge in [0.25, 0.3) is 0 Å². The number of aliphatic imine (C=N–C) groups is 2. The summed E-state index contributed by atoms with van der Waals surface area (Å²) in [6, 6.07) is 5.64. The number of rotatable bonds is 6. The first-order valence-electron chi connectivity index (χ1n) is 10.9. The number of nitrogens with zero attached hydrogens (tertiary/aromatic N) is 5. The van der Waals surface area contributed by atoms with Gasteiger partial charge in [0.15, 0.2) is 0 Å². The Kier molecular flexibility index (Phi) is 8.34. The summed E-state index contributed by atoms with van der Waals surface area (Å²) < 4.78 is 38.6. The highest BCUT2D eigenvalue weighted by Gasteiger charge is 2.32. The maximum Gasteiger partial charge on any atom is 0.433 e. The van der Waals surface area contributed by atoms with E-state index in [9.17, 15) is 18.0 Å². The van der Waals surface area contributed by atoms with Crippen LogP contribution in [0.3, 0.4) is 0 Å². The Morgan fingerprint density at radius 3 is 2.66 bits per heavy atom. The molecule has 0 radical (unpaired) electrons. The first kappa shape index (κ1) is 25.6. The predicted molar refractivity (Wildman–Crippen MR) is 131 cm³/mol. The molecule has 1 aliphatic rings. The number of pyridine rings is 2. The summed E-state index contributed by atoms with van der Waals surface area (Å²) in [5, 5.41) is 6.08. The molecule has 0 aromatic carbocycles. The summed E-state index contributed by atoms with van der Waals surface area (Å²) in [7, 11) is 0. The highest BCUT2D eigenvalue weighted by molar-refractivity contribution is 5.96. The third kappa shape index (κ3) is 7.23. The van der Waals surface area contributed by atoms with Gasteiger partial charge in [0.05, 0.1) is 5.69 Å². The van der Waals surface area contributed by atoms with Crippen LogP contribution in [0, 0.1) is 0 Å². The van der Waals surface area contributed by atoms with Crippen LogP contribution in [0.5, 0.6) is 0 Å². The van der Waals surface area contributed by atoms with Crippen molar-refractivity contribution in [3.63, 3.8) is 0 Å². The molecule has 1 amide bonds. The molecule has 2 aromatic rings. The Hall–Kier alpha value is -4.02. The van der Waals surface area contributed by atoms with Gasteiger partial charge in [-0.1, -0.05) is 12.6 Å². The fourth-order valence-corrected chi connectivity index (χ4v) is 3.47. The third-order valence-electron chi connectivity index (χ3n) is 5.36. The average Bonchev–Trinajstić information content (AvgIpc) is 2.86. The van der Waals surface area contributed by atoms with E-state index in [2.05, 4.69) is 43.9 Å². The molecule has 3 heterocycles. The molecule has 1 aliphatic heterocycles. The van der Waals surface area contributed by atoms with Crippen LogP contribution in [0.15, 0.2) is 65.5 Å². The molecule has 1 fully saturated rings. The van der Waals surface area contributed by atoms with Gasteiger partial charge in [0.1, 0.15) is 11.5 Å². The molecule has 0 saturated carbocycles. The van der Waals surface area contributed by atoms with E-state index in [0.717, 1.165) is 35.7 Å². The zero-order valence-corrected chi connectivity index (χ0v) is 19.2. The van der Waals surface area contributed by atoms with Gasteiger partial charge in [-0.2, -0.15) is 13.2 Å². The second-order valence-corrected chi connectivity index (χ2v) is 7.86. The van der Waals surface area contributed by atoms with Crippen molar-refractivity contribution in [2.45, 2.75) is 32.0 Å². The average molecular weight is 486 g/mol. The number of halogens is 3. The van der Waals surface area contributed by atoms with Crippen LogP contribution in [-0.4, -0.2) is 52.6 Å². The zero-order valence-electron chi connectivity index (χ0n) is 19.2. The number of aromatic nitrogens is 2. The first-order valence-corrected chi connectivity index (χ1v) is 10.9. The number of hydrogen-bond donors (Lipinski definition) is 2. The summed E-state index contributed by atoms with van der Waals surface area (Å²) in [6.45, 7) is 10.1. The lowest BCUT2D eigenvalue weighted by atomic mass is 10.0. The van der Waals surface area contributed by atoms with Crippen LogP contribution in [-0.2, 0) is 11.0 Å². The molecule has 2 aromatic heterocycles.